The summed E-state index contributed by atoms with van der Waals surface area (Å²) < 4.78 is 0.710. The van der Waals surface area contributed by atoms with Gasteiger partial charge in [0.15, 0.2) is 0 Å². The van der Waals surface area contributed by atoms with Crippen LogP contribution in [-0.4, -0.2) is 11.8 Å². The molecule has 120 valence electrons. The minimum absolute atomic E-state index is 0.0686. The number of carbonyl (C=O) groups is 2. The van der Waals surface area contributed by atoms with Crippen LogP contribution in [0.4, 0.5) is 0 Å². The van der Waals surface area contributed by atoms with Gasteiger partial charge in [-0.1, -0.05) is 44.7 Å². The zero-order valence-corrected chi connectivity index (χ0v) is 14.5. The summed E-state index contributed by atoms with van der Waals surface area (Å²) in [5.74, 6) is 0.195. The van der Waals surface area contributed by atoms with Crippen LogP contribution in [0.3, 0.4) is 0 Å². The fraction of sp³-hybridized carbons (Fsp3) is 0.529. The number of hydrazine groups is 1. The van der Waals surface area contributed by atoms with Crippen molar-refractivity contribution in [3.05, 3.63) is 34.3 Å². The third kappa shape index (κ3) is 4.83. The predicted octanol–water partition coefficient (Wildman–Crippen LogP) is 3.82. The summed E-state index contributed by atoms with van der Waals surface area (Å²) in [6.07, 6.45) is 7.02. The van der Waals surface area contributed by atoms with Gasteiger partial charge in [0.25, 0.3) is 5.91 Å². The van der Waals surface area contributed by atoms with E-state index in [-0.39, 0.29) is 17.7 Å². The van der Waals surface area contributed by atoms with Crippen LogP contribution < -0.4 is 10.9 Å². The van der Waals surface area contributed by atoms with Crippen LogP contribution in [0.2, 0.25) is 0 Å². The van der Waals surface area contributed by atoms with Crippen molar-refractivity contribution in [2.75, 3.05) is 0 Å². The molecule has 0 heterocycles. The second kappa shape index (κ2) is 8.32. The Morgan fingerprint density at radius 3 is 2.68 bits per heavy atom. The van der Waals surface area contributed by atoms with E-state index >= 15 is 0 Å². The van der Waals surface area contributed by atoms with Gasteiger partial charge in [-0.2, -0.15) is 0 Å². The molecule has 0 aliphatic heterocycles. The topological polar surface area (TPSA) is 58.2 Å². The van der Waals surface area contributed by atoms with Gasteiger partial charge in [0.2, 0.25) is 5.91 Å². The minimum atomic E-state index is -0.305. The number of amides is 2. The Labute approximate surface area is 140 Å². The monoisotopic (exact) mass is 366 g/mol. The standard InChI is InChI=1S/C17H23BrN2O2/c1-2-3-4-5-8-12-11-14(12)17(22)20-19-16(21)13-9-6-7-10-15(13)18/h6-7,9-10,12,14H,2-5,8,11H2,1H3,(H,19,21)(H,20,22). The van der Waals surface area contributed by atoms with Crippen molar-refractivity contribution in [1.29, 1.82) is 0 Å². The Morgan fingerprint density at radius 1 is 1.18 bits per heavy atom. The molecule has 1 saturated carbocycles. The van der Waals surface area contributed by atoms with Crippen molar-refractivity contribution in [2.24, 2.45) is 11.8 Å². The highest BCUT2D eigenvalue weighted by Gasteiger charge is 2.42. The molecule has 0 spiro atoms. The van der Waals surface area contributed by atoms with Crippen molar-refractivity contribution in [1.82, 2.24) is 10.9 Å². The predicted molar refractivity (Wildman–Crippen MR) is 90.1 cm³/mol. The smallest absolute Gasteiger partial charge is 0.270 e. The first-order valence-electron chi connectivity index (χ1n) is 7.98. The SMILES string of the molecule is CCCCCCC1CC1C(=O)NNC(=O)c1ccccc1Br. The molecule has 1 aliphatic carbocycles. The van der Waals surface area contributed by atoms with E-state index < -0.39 is 0 Å². The first-order valence-corrected chi connectivity index (χ1v) is 8.77. The molecule has 2 unspecified atom stereocenters. The first-order chi connectivity index (χ1) is 10.6. The third-order valence-electron chi connectivity index (χ3n) is 4.11. The number of hydrogen-bond acceptors (Lipinski definition) is 2. The lowest BCUT2D eigenvalue weighted by Gasteiger charge is -2.08. The molecule has 2 N–H and O–H groups in total. The van der Waals surface area contributed by atoms with E-state index in [4.69, 9.17) is 0 Å². The number of nitrogens with one attached hydrogen (secondary N) is 2. The molecule has 22 heavy (non-hydrogen) atoms. The lowest BCUT2D eigenvalue weighted by Crippen LogP contribution is -2.42. The van der Waals surface area contributed by atoms with Crippen LogP contribution in [-0.2, 0) is 4.79 Å². The maximum Gasteiger partial charge on any atom is 0.270 e. The molecule has 0 bridgehead atoms. The van der Waals surface area contributed by atoms with Gasteiger partial charge in [0.1, 0.15) is 0 Å². The molecule has 1 aromatic carbocycles. The molecule has 4 nitrogen and oxygen atoms in total. The molecule has 1 aromatic rings. The Bertz CT molecular complexity index is 533. The molecular weight excluding hydrogens is 344 g/mol. The summed E-state index contributed by atoms with van der Waals surface area (Å²) >= 11 is 3.32. The second-order valence-electron chi connectivity index (χ2n) is 5.87. The molecule has 1 fully saturated rings. The molecule has 2 amide bonds. The van der Waals surface area contributed by atoms with E-state index in [0.29, 0.717) is 16.0 Å². The summed E-state index contributed by atoms with van der Waals surface area (Å²) in [6.45, 7) is 2.20. The fourth-order valence-electron chi connectivity index (χ4n) is 2.64. The molecular formula is C17H23BrN2O2. The van der Waals surface area contributed by atoms with Crippen molar-refractivity contribution < 1.29 is 9.59 Å². The minimum Gasteiger partial charge on any atom is -0.273 e. The molecule has 5 heteroatoms. The number of hydrogen-bond donors (Lipinski definition) is 2. The maximum absolute atomic E-state index is 12.0. The first kappa shape index (κ1) is 17.0. The molecule has 0 aromatic heterocycles. The highest BCUT2D eigenvalue weighted by molar-refractivity contribution is 9.10. The van der Waals surface area contributed by atoms with Gasteiger partial charge < -0.3 is 0 Å². The van der Waals surface area contributed by atoms with E-state index in [1.54, 1.807) is 18.2 Å². The van der Waals surface area contributed by atoms with E-state index in [0.717, 1.165) is 12.8 Å². The maximum atomic E-state index is 12.0. The van der Waals surface area contributed by atoms with E-state index in [9.17, 15) is 9.59 Å². The van der Waals surface area contributed by atoms with Crippen molar-refractivity contribution >= 4 is 27.7 Å². The Kier molecular flexibility index (Phi) is 6.43. The van der Waals surface area contributed by atoms with Gasteiger partial charge in [-0.3, -0.25) is 20.4 Å². The number of rotatable bonds is 7. The summed E-state index contributed by atoms with van der Waals surface area (Å²) in [6, 6.07) is 7.13. The van der Waals surface area contributed by atoms with Crippen molar-refractivity contribution in [2.45, 2.75) is 45.4 Å². The van der Waals surface area contributed by atoms with Crippen LogP contribution in [0.1, 0.15) is 55.8 Å². The van der Waals surface area contributed by atoms with Gasteiger partial charge in [0.05, 0.1) is 5.56 Å². The summed E-state index contributed by atoms with van der Waals surface area (Å²) in [7, 11) is 0. The molecule has 0 radical (unpaired) electrons. The van der Waals surface area contributed by atoms with Gasteiger partial charge in [0, 0.05) is 10.4 Å². The summed E-state index contributed by atoms with van der Waals surface area (Å²) in [4.78, 5) is 24.0. The fourth-order valence-corrected chi connectivity index (χ4v) is 3.11. The average molecular weight is 367 g/mol. The average Bonchev–Trinajstić information content (AvgIpc) is 3.29. The van der Waals surface area contributed by atoms with Gasteiger partial charge >= 0.3 is 0 Å². The molecule has 2 rings (SSSR count). The number of benzene rings is 1. The lowest BCUT2D eigenvalue weighted by molar-refractivity contribution is -0.123. The molecule has 1 aliphatic rings. The Morgan fingerprint density at radius 2 is 1.95 bits per heavy atom. The van der Waals surface area contributed by atoms with Crippen molar-refractivity contribution in [3.63, 3.8) is 0 Å². The summed E-state index contributed by atoms with van der Waals surface area (Å²) in [5.41, 5.74) is 5.54. The highest BCUT2D eigenvalue weighted by atomic mass is 79.9. The molecule has 2 atom stereocenters. The number of halogens is 1. The van der Waals surface area contributed by atoms with Crippen LogP contribution in [0.5, 0.6) is 0 Å². The van der Waals surface area contributed by atoms with Gasteiger partial charge in [-0.15, -0.1) is 0 Å². The molecule has 0 saturated heterocycles. The lowest BCUT2D eigenvalue weighted by atomic mass is 10.1. The third-order valence-corrected chi connectivity index (χ3v) is 4.80. The zero-order valence-electron chi connectivity index (χ0n) is 12.9. The van der Waals surface area contributed by atoms with Crippen LogP contribution in [0, 0.1) is 11.8 Å². The van der Waals surface area contributed by atoms with Gasteiger partial charge in [-0.05, 0) is 46.8 Å². The quantitative estimate of drug-likeness (QED) is 0.569. The Balaban J connectivity index is 1.69. The zero-order chi connectivity index (χ0) is 15.9. The summed E-state index contributed by atoms with van der Waals surface area (Å²) in [5, 5.41) is 0. The van der Waals surface area contributed by atoms with Crippen LogP contribution in [0.15, 0.2) is 28.7 Å². The van der Waals surface area contributed by atoms with E-state index in [1.807, 2.05) is 6.07 Å². The normalized spacial score (nSPS) is 19.5. The number of unbranched alkanes of at least 4 members (excludes halogenated alkanes) is 3. The number of carbonyl (C=O) groups excluding carboxylic acids is 2. The van der Waals surface area contributed by atoms with Crippen molar-refractivity contribution in [3.8, 4) is 0 Å². The van der Waals surface area contributed by atoms with E-state index in [1.165, 1.54) is 25.7 Å². The van der Waals surface area contributed by atoms with E-state index in [2.05, 4.69) is 33.7 Å². The van der Waals surface area contributed by atoms with Crippen LogP contribution >= 0.6 is 15.9 Å². The second-order valence-corrected chi connectivity index (χ2v) is 6.73. The van der Waals surface area contributed by atoms with Crippen LogP contribution in [0.25, 0.3) is 0 Å². The van der Waals surface area contributed by atoms with Gasteiger partial charge in [-0.25, -0.2) is 0 Å². The highest BCUT2D eigenvalue weighted by Crippen LogP contribution is 2.42. The Hall–Kier alpha value is -1.36. The largest absolute Gasteiger partial charge is 0.273 e.